The summed E-state index contributed by atoms with van der Waals surface area (Å²) in [5.74, 6) is 2.44. The van der Waals surface area contributed by atoms with Crippen LogP contribution in [0.1, 0.15) is 56.4 Å². The Balaban J connectivity index is 1.25. The van der Waals surface area contributed by atoms with Gasteiger partial charge in [-0.05, 0) is 92.4 Å². The Hall–Kier alpha value is -6.02. The minimum absolute atomic E-state index is 0.0629. The first-order valence-corrected chi connectivity index (χ1v) is 29.9. The van der Waals surface area contributed by atoms with Crippen LogP contribution >= 0.6 is 8.30 Å². The molecule has 5 atom stereocenters. The fraction of sp³-hybridized carbons (Fsp3) is 0.411. The second-order valence-corrected chi connectivity index (χ2v) is 27.4. The summed E-state index contributed by atoms with van der Waals surface area (Å²) in [5.41, 5.74) is 4.17. The molecule has 0 bridgehead atoms. The van der Waals surface area contributed by atoms with Crippen molar-refractivity contribution < 1.29 is 37.4 Å². The molecule has 1 aliphatic rings. The Kier molecular flexibility index (Phi) is 17.8. The second-order valence-electron chi connectivity index (χ2n) is 19.8. The van der Waals surface area contributed by atoms with Crippen LogP contribution in [0.4, 0.5) is 0 Å². The highest BCUT2D eigenvalue weighted by Gasteiger charge is 2.54. The molecule has 0 spiro atoms. The van der Waals surface area contributed by atoms with Gasteiger partial charge in [-0.2, -0.15) is 10.2 Å². The van der Waals surface area contributed by atoms with E-state index >= 15 is 0 Å². The quantitative estimate of drug-likeness (QED) is 0.0230. The van der Waals surface area contributed by atoms with E-state index in [9.17, 15) is 5.26 Å². The average molecular weight is 1030 g/mol. The van der Waals surface area contributed by atoms with Crippen molar-refractivity contribution in [3.05, 3.63) is 150 Å². The molecule has 7 aromatic rings. The summed E-state index contributed by atoms with van der Waals surface area (Å²) in [6.07, 6.45) is 5.01. The first-order chi connectivity index (χ1) is 35.3. The molecule has 384 valence electrons. The average Bonchev–Trinajstić information content (AvgIpc) is 4.16. The summed E-state index contributed by atoms with van der Waals surface area (Å²) < 4.78 is 57.1. The molecule has 3 aromatic heterocycles. The van der Waals surface area contributed by atoms with Crippen LogP contribution in [0, 0.1) is 11.3 Å². The minimum atomic E-state index is -1.54. The SMILES string of the molecule is COc1ccc(C(OC[C@@H]2OC(Cn3cnc4c(OCC[Si](C)(C)C)ncnc43)[C@H](OCc3ccc(-c4ncco4)cc3)[C@@H]2P(OCCC#N)N(C(C)C)C(C)C)(c2ccccc2)c2ccc(OC)cc2)cc1. The van der Waals surface area contributed by atoms with E-state index in [1.165, 1.54) is 6.33 Å². The third-order valence-electron chi connectivity index (χ3n) is 13.0. The summed E-state index contributed by atoms with van der Waals surface area (Å²) in [6, 6.07) is 37.7. The summed E-state index contributed by atoms with van der Waals surface area (Å²) in [7, 11) is 0.407. The van der Waals surface area contributed by atoms with Gasteiger partial charge in [0.2, 0.25) is 11.8 Å². The van der Waals surface area contributed by atoms with Gasteiger partial charge in [0, 0.05) is 25.7 Å². The van der Waals surface area contributed by atoms with Gasteiger partial charge in [-0.3, -0.25) is 4.67 Å². The van der Waals surface area contributed by atoms with Crippen LogP contribution in [-0.2, 0) is 37.5 Å². The fourth-order valence-corrected chi connectivity index (χ4v) is 12.9. The largest absolute Gasteiger partial charge is 0.497 e. The lowest BCUT2D eigenvalue weighted by Crippen LogP contribution is -2.45. The molecule has 17 heteroatoms. The maximum absolute atomic E-state index is 9.88. The number of nitriles is 1. The maximum atomic E-state index is 9.88. The van der Waals surface area contributed by atoms with E-state index < -0.39 is 45.9 Å². The van der Waals surface area contributed by atoms with Crippen LogP contribution in [0.25, 0.3) is 22.6 Å². The van der Waals surface area contributed by atoms with E-state index in [0.717, 1.165) is 45.4 Å². The predicted molar refractivity (Wildman–Crippen MR) is 285 cm³/mol. The number of fused-ring (bicyclic) bond motifs is 1. The lowest BCUT2D eigenvalue weighted by Gasteiger charge is -2.43. The molecule has 0 saturated carbocycles. The van der Waals surface area contributed by atoms with Crippen LogP contribution in [0.5, 0.6) is 17.4 Å². The van der Waals surface area contributed by atoms with E-state index in [0.29, 0.717) is 36.1 Å². The van der Waals surface area contributed by atoms with Crippen LogP contribution in [0.2, 0.25) is 25.7 Å². The molecule has 0 N–H and O–H groups in total. The normalized spacial score (nSPS) is 17.6. The van der Waals surface area contributed by atoms with Gasteiger partial charge < -0.3 is 41.9 Å². The number of oxazole rings is 1. The summed E-state index contributed by atoms with van der Waals surface area (Å²) in [6.45, 7) is 17.2. The minimum Gasteiger partial charge on any atom is -0.497 e. The van der Waals surface area contributed by atoms with Crippen LogP contribution in [0.3, 0.4) is 0 Å². The number of hydrogen-bond acceptors (Lipinski definition) is 14. The number of imidazole rings is 1. The lowest BCUT2D eigenvalue weighted by molar-refractivity contribution is -0.0746. The molecule has 4 aromatic carbocycles. The molecule has 15 nitrogen and oxygen atoms in total. The lowest BCUT2D eigenvalue weighted by atomic mass is 9.80. The number of rotatable bonds is 25. The Morgan fingerprint density at radius 2 is 1.45 bits per heavy atom. The number of methoxy groups -OCH3 is 2. The Bertz CT molecular complexity index is 2780. The molecule has 0 radical (unpaired) electrons. The van der Waals surface area contributed by atoms with E-state index in [1.807, 2.05) is 71.3 Å². The van der Waals surface area contributed by atoms with E-state index in [-0.39, 0.29) is 38.3 Å². The maximum Gasteiger partial charge on any atom is 0.245 e. The number of nitrogens with zero attached hydrogens (tertiary/aromatic N) is 7. The number of aromatic nitrogens is 5. The van der Waals surface area contributed by atoms with E-state index in [1.54, 1.807) is 33.0 Å². The van der Waals surface area contributed by atoms with E-state index in [4.69, 9.17) is 47.3 Å². The third kappa shape index (κ3) is 12.5. The molecule has 1 fully saturated rings. The van der Waals surface area contributed by atoms with Crippen molar-refractivity contribution in [2.45, 2.75) is 115 Å². The molecule has 2 unspecified atom stereocenters. The van der Waals surface area contributed by atoms with Gasteiger partial charge in [-0.25, -0.2) is 15.0 Å². The third-order valence-corrected chi connectivity index (χ3v) is 17.6. The Morgan fingerprint density at radius 1 is 0.795 bits per heavy atom. The molecule has 1 saturated heterocycles. The molecule has 1 aliphatic heterocycles. The van der Waals surface area contributed by atoms with Crippen molar-refractivity contribution in [2.75, 3.05) is 34.0 Å². The Morgan fingerprint density at radius 3 is 2.04 bits per heavy atom. The highest BCUT2D eigenvalue weighted by Crippen LogP contribution is 2.56. The van der Waals surface area contributed by atoms with Gasteiger partial charge in [-0.1, -0.05) is 86.4 Å². The number of benzene rings is 4. The van der Waals surface area contributed by atoms with Crippen LogP contribution in [-0.4, -0.2) is 107 Å². The van der Waals surface area contributed by atoms with Gasteiger partial charge in [0.25, 0.3) is 0 Å². The molecular weight excluding hydrogens is 958 g/mol. The van der Waals surface area contributed by atoms with Gasteiger partial charge in [-0.15, -0.1) is 0 Å². The predicted octanol–water partition coefficient (Wildman–Crippen LogP) is 11.3. The topological polar surface area (TPSA) is 161 Å². The first-order valence-electron chi connectivity index (χ1n) is 24.9. The van der Waals surface area contributed by atoms with Gasteiger partial charge in [0.15, 0.2) is 11.2 Å². The van der Waals surface area contributed by atoms with E-state index in [2.05, 4.69) is 104 Å². The van der Waals surface area contributed by atoms with Gasteiger partial charge >= 0.3 is 0 Å². The molecule has 4 heterocycles. The van der Waals surface area contributed by atoms with Crippen molar-refractivity contribution in [1.29, 1.82) is 5.26 Å². The Labute approximate surface area is 431 Å². The van der Waals surface area contributed by atoms with Crippen LogP contribution in [0.15, 0.2) is 133 Å². The van der Waals surface area contributed by atoms with Crippen molar-refractivity contribution >= 4 is 27.5 Å². The van der Waals surface area contributed by atoms with Crippen molar-refractivity contribution in [3.8, 4) is 34.9 Å². The molecular formula is C56H68N7O8PSi. The monoisotopic (exact) mass is 1030 g/mol. The van der Waals surface area contributed by atoms with Crippen molar-refractivity contribution in [1.82, 2.24) is 29.2 Å². The highest BCUT2D eigenvalue weighted by molar-refractivity contribution is 7.51. The zero-order valence-corrected chi connectivity index (χ0v) is 45.3. The zero-order valence-electron chi connectivity index (χ0n) is 43.4. The van der Waals surface area contributed by atoms with Gasteiger partial charge in [0.1, 0.15) is 44.1 Å². The number of ether oxygens (including phenoxy) is 6. The molecule has 0 aliphatic carbocycles. The summed E-state index contributed by atoms with van der Waals surface area (Å²) in [4.78, 5) is 18.4. The molecule has 8 rings (SSSR count). The fourth-order valence-electron chi connectivity index (χ4n) is 9.45. The first kappa shape index (κ1) is 53.3. The summed E-state index contributed by atoms with van der Waals surface area (Å²) in [5, 5.41) is 9.88. The number of hydrogen-bond donors (Lipinski definition) is 0. The second kappa shape index (κ2) is 24.3. The van der Waals surface area contributed by atoms with Crippen molar-refractivity contribution in [2.24, 2.45) is 0 Å². The van der Waals surface area contributed by atoms with Gasteiger partial charge in [0.05, 0.1) is 90.1 Å². The smallest absolute Gasteiger partial charge is 0.245 e. The zero-order chi connectivity index (χ0) is 51.5. The van der Waals surface area contributed by atoms with Crippen LogP contribution < -0.4 is 14.2 Å². The molecule has 0 amide bonds. The van der Waals surface area contributed by atoms with Crippen molar-refractivity contribution in [3.63, 3.8) is 0 Å². The standard InChI is InChI=1S/C56H68N7O8PSi/c1-39(2)63(40(3)4)72(70-30-13-28-57)52-49(36-69-56(43-14-11-10-12-15-43,44-20-24-46(64-5)25-21-44)45-22-26-47(65-6)27-23-45)71-48(51(52)68-35-41-16-18-42(19-17-41)54-58-29-31-66-54)34-62-38-61-50-53(62)59-37-60-55(50)67-32-33-73(7,8)9/h10-12,14-27,29,31,37-40,48-49,51-52H,13,30,32-36H2,1-9H3/t48?,49-,51-,52+,72?/m0/s1. The summed E-state index contributed by atoms with van der Waals surface area (Å²) >= 11 is 0. The molecule has 73 heavy (non-hydrogen) atoms. The highest BCUT2D eigenvalue weighted by atomic mass is 31.2.